The van der Waals surface area contributed by atoms with E-state index in [-0.39, 0.29) is 11.8 Å². The molecule has 0 aliphatic heterocycles. The van der Waals surface area contributed by atoms with Crippen LogP contribution in [0.1, 0.15) is 5.56 Å². The number of hydrogen-bond donors (Lipinski definition) is 1. The number of nitrogens with one attached hydrogen (secondary N) is 1. The summed E-state index contributed by atoms with van der Waals surface area (Å²) in [6.07, 6.45) is 1.70. The predicted octanol–water partition coefficient (Wildman–Crippen LogP) is 2.72. The summed E-state index contributed by atoms with van der Waals surface area (Å²) in [7, 11) is 0. The number of halogens is 1. The minimum Gasteiger partial charge on any atom is -0.323 e. The monoisotopic (exact) mass is 234 g/mol. The van der Waals surface area contributed by atoms with Crippen LogP contribution in [0.5, 0.6) is 0 Å². The van der Waals surface area contributed by atoms with Gasteiger partial charge >= 0.3 is 0 Å². The van der Waals surface area contributed by atoms with Gasteiger partial charge in [-0.2, -0.15) is 0 Å². The van der Waals surface area contributed by atoms with Gasteiger partial charge in [-0.05, 0) is 30.7 Å². The van der Waals surface area contributed by atoms with Gasteiger partial charge in [0.1, 0.15) is 5.88 Å². The van der Waals surface area contributed by atoms with Crippen molar-refractivity contribution in [2.45, 2.75) is 6.92 Å². The van der Waals surface area contributed by atoms with E-state index in [1.807, 2.05) is 31.2 Å². The third kappa shape index (κ3) is 2.14. The summed E-state index contributed by atoms with van der Waals surface area (Å²) in [5.41, 5.74) is 2.57. The lowest BCUT2D eigenvalue weighted by Crippen LogP contribution is -2.13. The summed E-state index contributed by atoms with van der Waals surface area (Å²) in [5, 5.41) is 3.75. The van der Waals surface area contributed by atoms with Gasteiger partial charge in [-0.15, -0.1) is 11.6 Å². The number of hydrogen-bond acceptors (Lipinski definition) is 2. The second-order valence-electron chi connectivity index (χ2n) is 3.57. The molecule has 0 saturated heterocycles. The topological polar surface area (TPSA) is 42.0 Å². The summed E-state index contributed by atoms with van der Waals surface area (Å²) in [6, 6.07) is 7.75. The van der Waals surface area contributed by atoms with Crippen LogP contribution in [0.2, 0.25) is 0 Å². The Bertz CT molecular complexity index is 540. The van der Waals surface area contributed by atoms with Crippen molar-refractivity contribution in [3.05, 3.63) is 36.0 Å². The molecular weight excluding hydrogens is 224 g/mol. The largest absolute Gasteiger partial charge is 0.323 e. The number of fused-ring (bicyclic) bond motifs is 1. The Balaban J connectivity index is 2.54. The summed E-state index contributed by atoms with van der Waals surface area (Å²) in [5.74, 6) is -0.276. The lowest BCUT2D eigenvalue weighted by Gasteiger charge is -2.08. The van der Waals surface area contributed by atoms with Crippen LogP contribution in [0.4, 0.5) is 5.69 Å². The first-order chi connectivity index (χ1) is 7.70. The van der Waals surface area contributed by atoms with Crippen molar-refractivity contribution < 1.29 is 4.79 Å². The first kappa shape index (κ1) is 10.9. The summed E-state index contributed by atoms with van der Waals surface area (Å²) >= 11 is 5.46. The molecule has 0 spiro atoms. The number of nitrogens with zero attached hydrogens (tertiary/aromatic N) is 1. The van der Waals surface area contributed by atoms with Crippen molar-refractivity contribution >= 4 is 34.1 Å². The van der Waals surface area contributed by atoms with Gasteiger partial charge in [-0.3, -0.25) is 9.78 Å². The molecule has 3 nitrogen and oxygen atoms in total. The van der Waals surface area contributed by atoms with E-state index < -0.39 is 0 Å². The van der Waals surface area contributed by atoms with Crippen LogP contribution in [0, 0.1) is 6.92 Å². The third-order valence-electron chi connectivity index (χ3n) is 2.24. The van der Waals surface area contributed by atoms with E-state index in [1.165, 1.54) is 0 Å². The van der Waals surface area contributed by atoms with Crippen LogP contribution in [0.15, 0.2) is 30.5 Å². The van der Waals surface area contributed by atoms with Crippen molar-refractivity contribution in [2.24, 2.45) is 0 Å². The highest BCUT2D eigenvalue weighted by Crippen LogP contribution is 2.23. The van der Waals surface area contributed by atoms with E-state index in [2.05, 4.69) is 10.3 Å². The van der Waals surface area contributed by atoms with E-state index in [4.69, 9.17) is 11.6 Å². The van der Waals surface area contributed by atoms with Gasteiger partial charge in [0, 0.05) is 11.6 Å². The minimum atomic E-state index is -0.223. The number of pyridine rings is 1. The molecule has 0 aliphatic rings. The molecule has 1 N–H and O–H groups in total. The van der Waals surface area contributed by atoms with Crippen LogP contribution in [-0.4, -0.2) is 16.8 Å². The van der Waals surface area contributed by atoms with Crippen molar-refractivity contribution in [1.82, 2.24) is 4.98 Å². The maximum atomic E-state index is 11.3. The lowest BCUT2D eigenvalue weighted by molar-refractivity contribution is -0.113. The van der Waals surface area contributed by atoms with Crippen molar-refractivity contribution in [1.29, 1.82) is 0 Å². The number of alkyl halides is 1. The highest BCUT2D eigenvalue weighted by molar-refractivity contribution is 6.29. The van der Waals surface area contributed by atoms with Crippen molar-refractivity contribution in [3.8, 4) is 0 Å². The van der Waals surface area contributed by atoms with E-state index in [1.54, 1.807) is 6.20 Å². The number of aromatic nitrogens is 1. The molecule has 4 heteroatoms. The maximum Gasteiger partial charge on any atom is 0.239 e. The Morgan fingerprint density at radius 2 is 2.31 bits per heavy atom. The Morgan fingerprint density at radius 1 is 1.50 bits per heavy atom. The second kappa shape index (κ2) is 4.49. The molecule has 0 radical (unpaired) electrons. The molecule has 0 aliphatic carbocycles. The molecular formula is C12H11ClN2O. The zero-order valence-corrected chi connectivity index (χ0v) is 9.58. The molecule has 16 heavy (non-hydrogen) atoms. The Hall–Kier alpha value is -1.61. The van der Waals surface area contributed by atoms with Gasteiger partial charge in [0.15, 0.2) is 0 Å². The lowest BCUT2D eigenvalue weighted by atomic mass is 10.1. The molecule has 1 aromatic heterocycles. The number of amides is 1. The van der Waals surface area contributed by atoms with Gasteiger partial charge in [0.05, 0.1) is 11.2 Å². The first-order valence-corrected chi connectivity index (χ1v) is 5.45. The molecule has 0 saturated carbocycles. The number of carbonyl (C=O) groups is 1. The maximum absolute atomic E-state index is 11.3. The fourth-order valence-electron chi connectivity index (χ4n) is 1.62. The third-order valence-corrected chi connectivity index (χ3v) is 2.49. The molecule has 0 atom stereocenters. The quantitative estimate of drug-likeness (QED) is 0.812. The van der Waals surface area contributed by atoms with Gasteiger partial charge in [0.2, 0.25) is 5.91 Å². The Kier molecular flexibility index (Phi) is 3.06. The van der Waals surface area contributed by atoms with E-state index in [0.717, 1.165) is 16.5 Å². The van der Waals surface area contributed by atoms with E-state index >= 15 is 0 Å². The van der Waals surface area contributed by atoms with Crippen LogP contribution in [-0.2, 0) is 4.79 Å². The van der Waals surface area contributed by atoms with Gasteiger partial charge in [0.25, 0.3) is 0 Å². The predicted molar refractivity (Wildman–Crippen MR) is 65.8 cm³/mol. The smallest absolute Gasteiger partial charge is 0.239 e. The summed E-state index contributed by atoms with van der Waals surface area (Å²) < 4.78 is 0. The van der Waals surface area contributed by atoms with Gasteiger partial charge < -0.3 is 5.32 Å². The number of benzene rings is 1. The molecule has 2 aromatic rings. The Morgan fingerprint density at radius 3 is 3.06 bits per heavy atom. The molecule has 0 fully saturated rings. The van der Waals surface area contributed by atoms with Crippen LogP contribution in [0.25, 0.3) is 10.9 Å². The highest BCUT2D eigenvalue weighted by Gasteiger charge is 2.06. The summed E-state index contributed by atoms with van der Waals surface area (Å²) in [4.78, 5) is 15.5. The SMILES string of the molecule is Cc1cc(NC(=O)CCl)c2ncccc2c1. The van der Waals surface area contributed by atoms with Crippen LogP contribution < -0.4 is 5.32 Å². The normalized spacial score (nSPS) is 10.4. The standard InChI is InChI=1S/C12H11ClN2O/c1-8-5-9-3-2-4-14-12(9)10(6-8)15-11(16)7-13/h2-6H,7H2,1H3,(H,15,16). The number of aryl methyl sites for hydroxylation is 1. The molecule has 0 bridgehead atoms. The summed E-state index contributed by atoms with van der Waals surface area (Å²) in [6.45, 7) is 1.97. The van der Waals surface area contributed by atoms with E-state index in [9.17, 15) is 4.79 Å². The molecule has 1 heterocycles. The van der Waals surface area contributed by atoms with Crippen LogP contribution >= 0.6 is 11.6 Å². The zero-order chi connectivity index (χ0) is 11.5. The Labute approximate surface area is 98.4 Å². The fourth-order valence-corrected chi connectivity index (χ4v) is 1.69. The van der Waals surface area contributed by atoms with Crippen molar-refractivity contribution in [2.75, 3.05) is 11.2 Å². The van der Waals surface area contributed by atoms with E-state index in [0.29, 0.717) is 5.69 Å². The number of anilines is 1. The second-order valence-corrected chi connectivity index (χ2v) is 3.84. The zero-order valence-electron chi connectivity index (χ0n) is 8.83. The number of rotatable bonds is 2. The molecule has 0 unspecified atom stereocenters. The first-order valence-electron chi connectivity index (χ1n) is 4.92. The fraction of sp³-hybridized carbons (Fsp3) is 0.167. The van der Waals surface area contributed by atoms with Crippen molar-refractivity contribution in [3.63, 3.8) is 0 Å². The molecule has 1 aromatic carbocycles. The molecule has 2 rings (SSSR count). The van der Waals surface area contributed by atoms with Gasteiger partial charge in [-0.25, -0.2) is 0 Å². The van der Waals surface area contributed by atoms with Gasteiger partial charge in [-0.1, -0.05) is 6.07 Å². The molecule has 82 valence electrons. The average molecular weight is 235 g/mol. The number of carbonyl (C=O) groups excluding carboxylic acids is 1. The highest BCUT2D eigenvalue weighted by atomic mass is 35.5. The molecule has 1 amide bonds. The average Bonchev–Trinajstić information content (AvgIpc) is 2.28. The minimum absolute atomic E-state index is 0.0533. The van der Waals surface area contributed by atoms with Crippen LogP contribution in [0.3, 0.4) is 0 Å².